The lowest BCUT2D eigenvalue weighted by molar-refractivity contribution is 0.573. The van der Waals surface area contributed by atoms with Gasteiger partial charge >= 0.3 is 0 Å². The summed E-state index contributed by atoms with van der Waals surface area (Å²) in [6.45, 7) is 2.24. The highest BCUT2D eigenvalue weighted by Gasteiger charge is 2.15. The van der Waals surface area contributed by atoms with Crippen LogP contribution in [-0.4, -0.2) is 25.7 Å². The molecule has 0 radical (unpaired) electrons. The number of rotatable bonds is 5. The van der Waals surface area contributed by atoms with Gasteiger partial charge in [-0.3, -0.25) is 4.98 Å². The van der Waals surface area contributed by atoms with E-state index >= 15 is 0 Å². The third kappa shape index (κ3) is 4.40. The van der Waals surface area contributed by atoms with Crippen molar-refractivity contribution >= 4 is 9.84 Å². The minimum atomic E-state index is -3.05. The van der Waals surface area contributed by atoms with Gasteiger partial charge in [0, 0.05) is 12.4 Å². The molecule has 1 aromatic rings. The van der Waals surface area contributed by atoms with E-state index in [2.05, 4.69) is 4.98 Å². The molecule has 0 spiro atoms. The normalized spacial score (nSPS) is 13.7. The van der Waals surface area contributed by atoms with Crippen molar-refractivity contribution < 1.29 is 8.42 Å². The second-order valence-electron chi connectivity index (χ2n) is 3.75. The molecule has 1 aromatic heterocycles. The van der Waals surface area contributed by atoms with E-state index in [1.54, 1.807) is 24.5 Å². The van der Waals surface area contributed by atoms with Gasteiger partial charge in [-0.15, -0.1) is 0 Å². The topological polar surface area (TPSA) is 73.1 Å². The highest BCUT2D eigenvalue weighted by molar-refractivity contribution is 7.90. The molecule has 5 heteroatoms. The van der Waals surface area contributed by atoms with Crippen molar-refractivity contribution in [3.8, 4) is 0 Å². The van der Waals surface area contributed by atoms with E-state index in [1.807, 2.05) is 6.92 Å². The average molecular weight is 228 g/mol. The molecular weight excluding hydrogens is 212 g/mol. The highest BCUT2D eigenvalue weighted by atomic mass is 32.2. The molecule has 0 aliphatic heterocycles. The summed E-state index contributed by atoms with van der Waals surface area (Å²) in [5.74, 6) is 0.225. The van der Waals surface area contributed by atoms with E-state index in [9.17, 15) is 8.42 Å². The molecule has 0 aliphatic rings. The predicted octanol–water partition coefficient (Wildman–Crippen LogP) is 0.591. The number of hydrogen-bond donors (Lipinski definition) is 1. The lowest BCUT2D eigenvalue weighted by atomic mass is 10.2. The smallest absolute Gasteiger partial charge is 0.154 e. The largest absolute Gasteiger partial charge is 0.330 e. The molecule has 0 bridgehead atoms. The summed E-state index contributed by atoms with van der Waals surface area (Å²) in [7, 11) is -3.05. The molecule has 15 heavy (non-hydrogen) atoms. The van der Waals surface area contributed by atoms with Crippen LogP contribution < -0.4 is 5.73 Å². The molecular formula is C10H16N2O2S. The zero-order chi connectivity index (χ0) is 11.3. The number of hydrogen-bond acceptors (Lipinski definition) is 4. The van der Waals surface area contributed by atoms with Crippen LogP contribution in [0.4, 0.5) is 0 Å². The van der Waals surface area contributed by atoms with E-state index in [4.69, 9.17) is 5.73 Å². The third-order valence-corrected chi connectivity index (χ3v) is 3.93. The summed E-state index contributed by atoms with van der Waals surface area (Å²) in [6.07, 6.45) is 3.19. The fraction of sp³-hybridized carbons (Fsp3) is 0.500. The van der Waals surface area contributed by atoms with Gasteiger partial charge in [0.25, 0.3) is 0 Å². The van der Waals surface area contributed by atoms with Gasteiger partial charge in [0.05, 0.1) is 11.5 Å². The molecule has 0 amide bonds. The van der Waals surface area contributed by atoms with Crippen molar-refractivity contribution in [3.63, 3.8) is 0 Å². The molecule has 0 aromatic carbocycles. The maximum atomic E-state index is 11.7. The summed E-state index contributed by atoms with van der Waals surface area (Å²) in [5.41, 5.74) is 6.17. The third-order valence-electron chi connectivity index (χ3n) is 2.08. The van der Waals surface area contributed by atoms with Gasteiger partial charge in [-0.05, 0) is 30.2 Å². The first kappa shape index (κ1) is 12.1. The van der Waals surface area contributed by atoms with Gasteiger partial charge in [0.2, 0.25) is 0 Å². The van der Waals surface area contributed by atoms with Crippen LogP contribution in [0.2, 0.25) is 0 Å². The van der Waals surface area contributed by atoms with Crippen molar-refractivity contribution in [2.24, 2.45) is 11.7 Å². The van der Waals surface area contributed by atoms with Crippen LogP contribution in [0.1, 0.15) is 12.5 Å². The zero-order valence-corrected chi connectivity index (χ0v) is 9.57. The van der Waals surface area contributed by atoms with Crippen molar-refractivity contribution in [2.75, 3.05) is 12.3 Å². The number of pyridine rings is 1. The second-order valence-corrected chi connectivity index (χ2v) is 5.86. The number of nitrogens with zero attached hydrogens (tertiary/aromatic N) is 1. The Morgan fingerprint density at radius 2 is 2.00 bits per heavy atom. The fourth-order valence-electron chi connectivity index (χ4n) is 1.29. The Labute approximate surface area is 90.4 Å². The van der Waals surface area contributed by atoms with Gasteiger partial charge in [0.1, 0.15) is 0 Å². The first-order valence-corrected chi connectivity index (χ1v) is 6.65. The molecule has 0 fully saturated rings. The Bertz CT molecular complexity index is 389. The molecule has 1 atom stereocenters. The van der Waals surface area contributed by atoms with Gasteiger partial charge in [-0.25, -0.2) is 8.42 Å². The van der Waals surface area contributed by atoms with E-state index in [0.717, 1.165) is 5.56 Å². The molecule has 0 saturated heterocycles. The molecule has 1 unspecified atom stereocenters. The molecule has 1 heterocycles. The van der Waals surface area contributed by atoms with Gasteiger partial charge < -0.3 is 5.73 Å². The van der Waals surface area contributed by atoms with Crippen molar-refractivity contribution in [2.45, 2.75) is 12.7 Å². The van der Waals surface area contributed by atoms with Crippen LogP contribution >= 0.6 is 0 Å². The molecule has 84 valence electrons. The summed E-state index contributed by atoms with van der Waals surface area (Å²) >= 11 is 0. The highest BCUT2D eigenvalue weighted by Crippen LogP contribution is 2.08. The number of nitrogens with two attached hydrogens (primary N) is 1. The maximum Gasteiger partial charge on any atom is 0.154 e. The number of sulfone groups is 1. The van der Waals surface area contributed by atoms with E-state index in [0.29, 0.717) is 6.54 Å². The fourth-order valence-corrected chi connectivity index (χ4v) is 3.11. The molecule has 1 rings (SSSR count). The summed E-state index contributed by atoms with van der Waals surface area (Å²) in [5, 5.41) is 0. The lowest BCUT2D eigenvalue weighted by Crippen LogP contribution is -2.22. The van der Waals surface area contributed by atoms with E-state index in [1.165, 1.54) is 0 Å². The first-order valence-electron chi connectivity index (χ1n) is 4.83. The van der Waals surface area contributed by atoms with Crippen LogP contribution in [0.3, 0.4) is 0 Å². The van der Waals surface area contributed by atoms with Crippen LogP contribution in [-0.2, 0) is 15.6 Å². The summed E-state index contributed by atoms with van der Waals surface area (Å²) < 4.78 is 23.4. The minimum Gasteiger partial charge on any atom is -0.330 e. The van der Waals surface area contributed by atoms with Crippen LogP contribution in [0.5, 0.6) is 0 Å². The van der Waals surface area contributed by atoms with Crippen LogP contribution in [0.25, 0.3) is 0 Å². The Balaban J connectivity index is 2.65. The molecule has 0 aliphatic carbocycles. The Hall–Kier alpha value is -0.940. The summed E-state index contributed by atoms with van der Waals surface area (Å²) in [6, 6.07) is 3.43. The van der Waals surface area contributed by atoms with Crippen molar-refractivity contribution in [3.05, 3.63) is 30.1 Å². The molecule has 2 N–H and O–H groups in total. The lowest BCUT2D eigenvalue weighted by Gasteiger charge is -2.09. The first-order chi connectivity index (χ1) is 7.03. The quantitative estimate of drug-likeness (QED) is 0.800. The Morgan fingerprint density at radius 3 is 2.53 bits per heavy atom. The number of aromatic nitrogens is 1. The van der Waals surface area contributed by atoms with Crippen molar-refractivity contribution in [1.29, 1.82) is 0 Å². The Morgan fingerprint density at radius 1 is 1.40 bits per heavy atom. The minimum absolute atomic E-state index is 0.0110. The van der Waals surface area contributed by atoms with Crippen molar-refractivity contribution in [1.82, 2.24) is 4.98 Å². The molecule has 0 saturated carbocycles. The van der Waals surface area contributed by atoms with Crippen LogP contribution in [0.15, 0.2) is 24.5 Å². The van der Waals surface area contributed by atoms with Gasteiger partial charge in [0.15, 0.2) is 9.84 Å². The van der Waals surface area contributed by atoms with Crippen LogP contribution in [0, 0.1) is 5.92 Å². The Kier molecular flexibility index (Phi) is 4.23. The van der Waals surface area contributed by atoms with Gasteiger partial charge in [-0.1, -0.05) is 6.92 Å². The monoisotopic (exact) mass is 228 g/mol. The van der Waals surface area contributed by atoms with Gasteiger partial charge in [-0.2, -0.15) is 0 Å². The zero-order valence-electron chi connectivity index (χ0n) is 8.76. The van der Waals surface area contributed by atoms with E-state index in [-0.39, 0.29) is 17.4 Å². The summed E-state index contributed by atoms with van der Waals surface area (Å²) in [4.78, 5) is 3.84. The van der Waals surface area contributed by atoms with E-state index < -0.39 is 9.84 Å². The average Bonchev–Trinajstić information content (AvgIpc) is 2.17. The second kappa shape index (κ2) is 5.23. The SMILES string of the molecule is CC(CN)CS(=O)(=O)Cc1ccncc1. The standard InChI is InChI=1S/C10H16N2O2S/c1-9(6-11)7-15(13,14)8-10-2-4-12-5-3-10/h2-5,9H,6-8,11H2,1H3. The predicted molar refractivity (Wildman–Crippen MR) is 59.9 cm³/mol. The molecule has 4 nitrogen and oxygen atoms in total. The maximum absolute atomic E-state index is 11.7.